The molecule has 0 radical (unpaired) electrons. The lowest BCUT2D eigenvalue weighted by Crippen LogP contribution is -2.20. The third kappa shape index (κ3) is 5.82. The highest BCUT2D eigenvalue weighted by Gasteiger charge is 2.13. The molecule has 37 heavy (non-hydrogen) atoms. The number of carbonyl (C=O) groups excluding carboxylic acids is 1. The van der Waals surface area contributed by atoms with Crippen molar-refractivity contribution >= 4 is 22.5 Å². The summed E-state index contributed by atoms with van der Waals surface area (Å²) in [5.41, 5.74) is 8.82. The number of aromatic nitrogens is 1. The van der Waals surface area contributed by atoms with Crippen LogP contribution in [-0.2, 0) is 20.0 Å². The number of amides is 1. The third-order valence-corrected chi connectivity index (χ3v) is 6.93. The van der Waals surface area contributed by atoms with E-state index in [4.69, 9.17) is 0 Å². The van der Waals surface area contributed by atoms with Crippen molar-refractivity contribution in [2.75, 3.05) is 18.9 Å². The van der Waals surface area contributed by atoms with E-state index in [1.54, 1.807) is 0 Å². The molecule has 0 aliphatic carbocycles. The lowest BCUT2D eigenvalue weighted by Gasteiger charge is -2.16. The molecular formula is C33H33N3O. The molecule has 0 spiro atoms. The average Bonchev–Trinajstić information content (AvgIpc) is 3.23. The molecule has 1 heterocycles. The van der Waals surface area contributed by atoms with Crippen molar-refractivity contribution in [3.8, 4) is 11.1 Å². The second-order valence-electron chi connectivity index (χ2n) is 9.87. The molecule has 1 amide bonds. The number of fused-ring (bicyclic) bond motifs is 1. The van der Waals surface area contributed by atoms with Gasteiger partial charge in [-0.25, -0.2) is 0 Å². The molecule has 0 unspecified atom stereocenters. The summed E-state index contributed by atoms with van der Waals surface area (Å²) in [5, 5.41) is 4.14. The van der Waals surface area contributed by atoms with Crippen LogP contribution in [0.1, 0.15) is 27.0 Å². The summed E-state index contributed by atoms with van der Waals surface area (Å²) in [7, 11) is 4.22. The van der Waals surface area contributed by atoms with E-state index >= 15 is 0 Å². The molecule has 0 aliphatic heterocycles. The van der Waals surface area contributed by atoms with E-state index < -0.39 is 0 Å². The van der Waals surface area contributed by atoms with Gasteiger partial charge < -0.3 is 14.8 Å². The lowest BCUT2D eigenvalue weighted by atomic mass is 10.0. The Morgan fingerprint density at radius 2 is 1.57 bits per heavy atom. The van der Waals surface area contributed by atoms with Gasteiger partial charge in [-0.3, -0.25) is 4.79 Å². The van der Waals surface area contributed by atoms with Gasteiger partial charge in [-0.15, -0.1) is 0 Å². The van der Waals surface area contributed by atoms with E-state index in [1.165, 1.54) is 27.8 Å². The van der Waals surface area contributed by atoms with E-state index in [1.807, 2.05) is 55.5 Å². The van der Waals surface area contributed by atoms with Crippen molar-refractivity contribution < 1.29 is 4.79 Å². The molecule has 186 valence electrons. The SMILES string of the molecule is Cc1ccc(NC(=O)c2ccc3c(c2)c(CN(C)CCc2ccc(-c4ccccc4)cc2)cn3C)cc1. The zero-order valence-corrected chi connectivity index (χ0v) is 21.7. The lowest BCUT2D eigenvalue weighted by molar-refractivity contribution is 0.102. The molecule has 4 heteroatoms. The first-order chi connectivity index (χ1) is 18.0. The summed E-state index contributed by atoms with van der Waals surface area (Å²) >= 11 is 0. The number of hydrogen-bond acceptors (Lipinski definition) is 2. The Balaban J connectivity index is 1.25. The molecule has 0 bridgehead atoms. The second kappa shape index (κ2) is 10.9. The normalized spacial score (nSPS) is 11.2. The van der Waals surface area contributed by atoms with Gasteiger partial charge in [0.1, 0.15) is 0 Å². The van der Waals surface area contributed by atoms with Crippen LogP contribution < -0.4 is 5.32 Å². The molecule has 0 saturated heterocycles. The van der Waals surface area contributed by atoms with Crippen LogP contribution in [0.2, 0.25) is 0 Å². The molecule has 0 fully saturated rings. The Labute approximate surface area is 219 Å². The van der Waals surface area contributed by atoms with E-state index in [0.29, 0.717) is 5.56 Å². The standard InChI is InChI=1S/C33H33N3O/c1-24-9-16-30(17-10-24)34-33(37)28-15-18-32-31(21-28)29(23-36(32)3)22-35(2)20-19-25-11-13-27(14-12-25)26-7-5-4-6-8-26/h4-18,21,23H,19-20,22H2,1-3H3,(H,34,37). The predicted molar refractivity (Wildman–Crippen MR) is 154 cm³/mol. The summed E-state index contributed by atoms with van der Waals surface area (Å²) < 4.78 is 2.14. The zero-order chi connectivity index (χ0) is 25.8. The number of carbonyl (C=O) groups is 1. The molecule has 0 saturated carbocycles. The third-order valence-electron chi connectivity index (χ3n) is 6.93. The highest BCUT2D eigenvalue weighted by atomic mass is 16.1. The van der Waals surface area contributed by atoms with Gasteiger partial charge in [-0.1, -0.05) is 72.3 Å². The summed E-state index contributed by atoms with van der Waals surface area (Å²) in [5.74, 6) is -0.0899. The number of hydrogen-bond donors (Lipinski definition) is 1. The van der Waals surface area contributed by atoms with E-state index in [9.17, 15) is 4.79 Å². The van der Waals surface area contributed by atoms with Crippen LogP contribution in [0.3, 0.4) is 0 Å². The smallest absolute Gasteiger partial charge is 0.255 e. The van der Waals surface area contributed by atoms with Gasteiger partial charge in [0, 0.05) is 48.5 Å². The quantitative estimate of drug-likeness (QED) is 0.254. The Morgan fingerprint density at radius 3 is 2.30 bits per heavy atom. The minimum Gasteiger partial charge on any atom is -0.350 e. The Hall–Kier alpha value is -4.15. The second-order valence-corrected chi connectivity index (χ2v) is 9.87. The van der Waals surface area contributed by atoms with Crippen LogP contribution in [0, 0.1) is 6.92 Å². The van der Waals surface area contributed by atoms with Crippen molar-refractivity contribution in [2.24, 2.45) is 7.05 Å². The maximum atomic E-state index is 12.9. The number of likely N-dealkylation sites (N-methyl/N-ethyl adjacent to an activating group) is 1. The number of nitrogens with zero attached hydrogens (tertiary/aromatic N) is 2. The van der Waals surface area contributed by atoms with Crippen LogP contribution in [0.5, 0.6) is 0 Å². The minimum atomic E-state index is -0.0899. The van der Waals surface area contributed by atoms with Crippen LogP contribution in [0.15, 0.2) is 103 Å². The predicted octanol–water partition coefficient (Wildman–Crippen LogP) is 7.08. The number of nitrogens with one attached hydrogen (secondary N) is 1. The molecule has 5 rings (SSSR count). The van der Waals surface area contributed by atoms with Gasteiger partial charge >= 0.3 is 0 Å². The highest BCUT2D eigenvalue weighted by Crippen LogP contribution is 2.24. The molecule has 5 aromatic rings. The van der Waals surface area contributed by atoms with Gasteiger partial charge in [0.2, 0.25) is 0 Å². The van der Waals surface area contributed by atoms with E-state index in [2.05, 4.69) is 83.6 Å². The van der Waals surface area contributed by atoms with Gasteiger partial charge in [-0.2, -0.15) is 0 Å². The Morgan fingerprint density at radius 1 is 0.865 bits per heavy atom. The summed E-state index contributed by atoms with van der Waals surface area (Å²) in [6.45, 7) is 3.81. The Bertz CT molecular complexity index is 1500. The number of aryl methyl sites for hydroxylation is 2. The van der Waals surface area contributed by atoms with Crippen LogP contribution >= 0.6 is 0 Å². The number of benzene rings is 4. The number of rotatable bonds is 8. The van der Waals surface area contributed by atoms with Gasteiger partial charge in [0.15, 0.2) is 0 Å². The molecule has 1 aromatic heterocycles. The summed E-state index contributed by atoms with van der Waals surface area (Å²) in [6, 6.07) is 33.2. The molecule has 0 aliphatic rings. The van der Waals surface area contributed by atoms with Crippen molar-refractivity contribution in [3.05, 3.63) is 126 Å². The van der Waals surface area contributed by atoms with Crippen molar-refractivity contribution in [1.29, 1.82) is 0 Å². The first kappa shape index (κ1) is 24.5. The fourth-order valence-electron chi connectivity index (χ4n) is 4.77. The fourth-order valence-corrected chi connectivity index (χ4v) is 4.77. The molecule has 4 aromatic carbocycles. The first-order valence-electron chi connectivity index (χ1n) is 12.8. The van der Waals surface area contributed by atoms with E-state index in [-0.39, 0.29) is 5.91 Å². The molecular weight excluding hydrogens is 454 g/mol. The number of anilines is 1. The average molecular weight is 488 g/mol. The largest absolute Gasteiger partial charge is 0.350 e. The molecule has 1 N–H and O–H groups in total. The van der Waals surface area contributed by atoms with Crippen molar-refractivity contribution in [1.82, 2.24) is 9.47 Å². The summed E-state index contributed by atoms with van der Waals surface area (Å²) in [6.07, 6.45) is 3.16. The maximum absolute atomic E-state index is 12.9. The van der Waals surface area contributed by atoms with Crippen LogP contribution in [0.25, 0.3) is 22.0 Å². The minimum absolute atomic E-state index is 0.0899. The maximum Gasteiger partial charge on any atom is 0.255 e. The van der Waals surface area contributed by atoms with Gasteiger partial charge in [0.25, 0.3) is 5.91 Å². The van der Waals surface area contributed by atoms with Gasteiger partial charge in [0.05, 0.1) is 0 Å². The summed E-state index contributed by atoms with van der Waals surface area (Å²) in [4.78, 5) is 15.3. The molecule has 0 atom stereocenters. The first-order valence-corrected chi connectivity index (χ1v) is 12.8. The van der Waals surface area contributed by atoms with Crippen molar-refractivity contribution in [2.45, 2.75) is 19.9 Å². The molecule has 4 nitrogen and oxygen atoms in total. The van der Waals surface area contributed by atoms with Crippen LogP contribution in [0.4, 0.5) is 5.69 Å². The highest BCUT2D eigenvalue weighted by molar-refractivity contribution is 6.06. The Kier molecular flexibility index (Phi) is 7.20. The van der Waals surface area contributed by atoms with Crippen LogP contribution in [-0.4, -0.2) is 29.0 Å². The van der Waals surface area contributed by atoms with E-state index in [0.717, 1.165) is 36.1 Å². The van der Waals surface area contributed by atoms with Crippen molar-refractivity contribution in [3.63, 3.8) is 0 Å². The van der Waals surface area contributed by atoms with Gasteiger partial charge in [-0.05, 0) is 73.0 Å². The fraction of sp³-hybridized carbons (Fsp3) is 0.182. The topological polar surface area (TPSA) is 37.3 Å². The monoisotopic (exact) mass is 487 g/mol. The zero-order valence-electron chi connectivity index (χ0n) is 21.7.